The van der Waals surface area contributed by atoms with Gasteiger partial charge in [-0.2, -0.15) is 0 Å². The van der Waals surface area contributed by atoms with Crippen LogP contribution in [0, 0.1) is 0 Å². The Hall–Kier alpha value is -5.22. The molecule has 0 bridgehead atoms. The maximum Gasteiger partial charge on any atom is 0.249 e. The van der Waals surface area contributed by atoms with E-state index in [4.69, 9.17) is 4.74 Å². The summed E-state index contributed by atoms with van der Waals surface area (Å²) in [5, 5.41) is 21.7. The zero-order valence-corrected chi connectivity index (χ0v) is 29.3. The molecule has 2 aromatic heterocycles. The van der Waals surface area contributed by atoms with Gasteiger partial charge in [0.1, 0.15) is 29.7 Å². The number of hydrogen-bond acceptors (Lipinski definition) is 8. The standard InChI is InChI=1S/C42H44N6O4/c49-39-7-2-1-4-33(39)35-26-38-34(44-45-35)20-23-47(38)31-14-8-27(9-15-31)28-18-21-46(22-19-28)30-12-10-29(11-13-30)32-5-3-6-36-41(32)52-25-24-48(36)37-16-17-40(50)43-42(37)51/h1-9,14-15,20,23,26,28-30,37,49H,10-13,16-19,21-22,24-25H2,(H,43,50,51). The van der Waals surface area contributed by atoms with Crippen LogP contribution in [-0.4, -0.2) is 74.9 Å². The molecule has 266 valence electrons. The number of hydrogen-bond donors (Lipinski definition) is 2. The Morgan fingerprint density at radius 1 is 0.788 bits per heavy atom. The van der Waals surface area contributed by atoms with Gasteiger partial charge >= 0.3 is 0 Å². The van der Waals surface area contributed by atoms with Crippen molar-refractivity contribution < 1.29 is 19.4 Å². The minimum atomic E-state index is -0.326. The second kappa shape index (κ2) is 13.7. The number of amides is 2. The zero-order valence-electron chi connectivity index (χ0n) is 29.3. The molecule has 2 N–H and O–H groups in total. The van der Waals surface area contributed by atoms with E-state index < -0.39 is 0 Å². The number of benzene rings is 3. The summed E-state index contributed by atoms with van der Waals surface area (Å²) in [6, 6.07) is 26.9. The van der Waals surface area contributed by atoms with E-state index >= 15 is 0 Å². The van der Waals surface area contributed by atoms with Gasteiger partial charge in [0.15, 0.2) is 0 Å². The van der Waals surface area contributed by atoms with Crippen molar-refractivity contribution in [1.29, 1.82) is 0 Å². The molecule has 0 radical (unpaired) electrons. The number of aromatic hydroxyl groups is 1. The molecule has 3 fully saturated rings. The molecule has 2 amide bonds. The number of para-hydroxylation sites is 2. The summed E-state index contributed by atoms with van der Waals surface area (Å²) in [5.74, 6) is 1.76. The number of nitrogens with zero attached hydrogens (tertiary/aromatic N) is 5. The van der Waals surface area contributed by atoms with E-state index in [1.165, 1.54) is 36.8 Å². The number of phenols is 1. The molecule has 3 aromatic carbocycles. The molecule has 5 heterocycles. The molecule has 1 atom stereocenters. The Kier molecular flexibility index (Phi) is 8.62. The highest BCUT2D eigenvalue weighted by Gasteiger charge is 2.37. The molecule has 10 heteroatoms. The summed E-state index contributed by atoms with van der Waals surface area (Å²) in [6.07, 6.45) is 9.94. The van der Waals surface area contributed by atoms with Gasteiger partial charge in [-0.05, 0) is 123 Å². The van der Waals surface area contributed by atoms with Gasteiger partial charge in [0.05, 0.1) is 23.4 Å². The van der Waals surface area contributed by atoms with Crippen molar-refractivity contribution in [2.24, 2.45) is 0 Å². The average molecular weight is 697 g/mol. The molecule has 1 saturated carbocycles. The highest BCUT2D eigenvalue weighted by atomic mass is 16.5. The van der Waals surface area contributed by atoms with Gasteiger partial charge in [0.25, 0.3) is 0 Å². The van der Waals surface area contributed by atoms with Gasteiger partial charge in [-0.1, -0.05) is 36.4 Å². The fourth-order valence-corrected chi connectivity index (χ4v) is 9.15. The van der Waals surface area contributed by atoms with Crippen LogP contribution in [0.4, 0.5) is 5.69 Å². The number of ether oxygens (including phenoxy) is 1. The van der Waals surface area contributed by atoms with Gasteiger partial charge in [0, 0.05) is 29.9 Å². The van der Waals surface area contributed by atoms with Crippen molar-refractivity contribution in [3.63, 3.8) is 0 Å². The van der Waals surface area contributed by atoms with Crippen LogP contribution in [0.2, 0.25) is 0 Å². The predicted molar refractivity (Wildman–Crippen MR) is 200 cm³/mol. The van der Waals surface area contributed by atoms with Gasteiger partial charge in [-0.25, -0.2) is 0 Å². The molecule has 3 aliphatic heterocycles. The molecule has 1 aliphatic carbocycles. The number of nitrogens with one attached hydrogen (secondary N) is 1. The Morgan fingerprint density at radius 3 is 2.38 bits per heavy atom. The van der Waals surface area contributed by atoms with Crippen molar-refractivity contribution in [1.82, 2.24) is 25.0 Å². The second-order valence-corrected chi connectivity index (χ2v) is 14.8. The number of carbonyl (C=O) groups excluding carboxylic acids is 2. The number of fused-ring (bicyclic) bond motifs is 2. The lowest BCUT2D eigenvalue weighted by Gasteiger charge is -2.42. The summed E-state index contributed by atoms with van der Waals surface area (Å²) in [7, 11) is 0. The summed E-state index contributed by atoms with van der Waals surface area (Å²) < 4.78 is 8.43. The molecule has 10 nitrogen and oxygen atoms in total. The third-order valence-corrected chi connectivity index (χ3v) is 11.9. The van der Waals surface area contributed by atoms with Crippen molar-refractivity contribution in [2.75, 3.05) is 31.1 Å². The number of aromatic nitrogens is 3. The number of carbonyl (C=O) groups is 2. The lowest BCUT2D eigenvalue weighted by Crippen LogP contribution is -2.54. The average Bonchev–Trinajstić information content (AvgIpc) is 3.61. The first-order chi connectivity index (χ1) is 25.5. The molecule has 9 rings (SSSR count). The lowest BCUT2D eigenvalue weighted by molar-refractivity contribution is -0.134. The van der Waals surface area contributed by atoms with Gasteiger partial charge < -0.3 is 24.2 Å². The van der Waals surface area contributed by atoms with Crippen LogP contribution in [0.15, 0.2) is 85.1 Å². The number of phenolic OH excluding ortho intramolecular Hbond substituents is 1. The first-order valence-electron chi connectivity index (χ1n) is 18.8. The van der Waals surface area contributed by atoms with Crippen molar-refractivity contribution in [3.8, 4) is 28.4 Å². The van der Waals surface area contributed by atoms with Crippen LogP contribution in [0.1, 0.15) is 74.3 Å². The van der Waals surface area contributed by atoms with E-state index in [2.05, 4.69) is 72.3 Å². The fraction of sp³-hybridized carbons (Fsp3) is 0.381. The quantitative estimate of drug-likeness (QED) is 0.189. The molecule has 0 spiro atoms. The first kappa shape index (κ1) is 32.7. The summed E-state index contributed by atoms with van der Waals surface area (Å²) in [6.45, 7) is 3.46. The van der Waals surface area contributed by atoms with Crippen molar-refractivity contribution >= 4 is 28.5 Å². The largest absolute Gasteiger partial charge is 0.507 e. The highest BCUT2D eigenvalue weighted by molar-refractivity contribution is 6.02. The third kappa shape index (κ3) is 6.08. The molecular formula is C42H44N6O4. The van der Waals surface area contributed by atoms with E-state index in [1.54, 1.807) is 12.1 Å². The highest BCUT2D eigenvalue weighted by Crippen LogP contribution is 2.45. The number of piperidine rings is 2. The molecule has 2 saturated heterocycles. The summed E-state index contributed by atoms with van der Waals surface area (Å²) in [4.78, 5) is 29.4. The molecule has 1 unspecified atom stereocenters. The van der Waals surface area contributed by atoms with Crippen LogP contribution in [0.5, 0.6) is 11.5 Å². The van der Waals surface area contributed by atoms with E-state index in [0.29, 0.717) is 55.1 Å². The van der Waals surface area contributed by atoms with Crippen LogP contribution in [0.3, 0.4) is 0 Å². The minimum Gasteiger partial charge on any atom is -0.507 e. The van der Waals surface area contributed by atoms with Gasteiger partial charge in [-0.3, -0.25) is 14.9 Å². The van der Waals surface area contributed by atoms with E-state index in [-0.39, 0.29) is 23.6 Å². The van der Waals surface area contributed by atoms with Crippen LogP contribution in [-0.2, 0) is 9.59 Å². The summed E-state index contributed by atoms with van der Waals surface area (Å²) in [5.41, 5.74) is 7.83. The number of likely N-dealkylation sites (tertiary alicyclic amines) is 1. The van der Waals surface area contributed by atoms with E-state index in [9.17, 15) is 14.7 Å². The fourth-order valence-electron chi connectivity index (χ4n) is 9.15. The lowest BCUT2D eigenvalue weighted by atomic mass is 9.79. The monoisotopic (exact) mass is 696 g/mol. The predicted octanol–water partition coefficient (Wildman–Crippen LogP) is 6.70. The maximum atomic E-state index is 12.7. The number of anilines is 1. The third-order valence-electron chi connectivity index (χ3n) is 11.9. The minimum absolute atomic E-state index is 0.181. The Morgan fingerprint density at radius 2 is 1.60 bits per heavy atom. The molecule has 4 aliphatic rings. The topological polar surface area (TPSA) is 113 Å². The van der Waals surface area contributed by atoms with Gasteiger partial charge in [-0.15, -0.1) is 10.2 Å². The van der Waals surface area contributed by atoms with Crippen LogP contribution in [0.25, 0.3) is 28.0 Å². The van der Waals surface area contributed by atoms with E-state index in [1.807, 2.05) is 30.5 Å². The molecule has 5 aromatic rings. The molecular weight excluding hydrogens is 652 g/mol. The van der Waals surface area contributed by atoms with E-state index in [0.717, 1.165) is 54.1 Å². The zero-order chi connectivity index (χ0) is 35.2. The van der Waals surface area contributed by atoms with Crippen molar-refractivity contribution in [2.45, 2.75) is 75.3 Å². The Bertz CT molecular complexity index is 2110. The maximum absolute atomic E-state index is 12.7. The Balaban J connectivity index is 0.817. The van der Waals surface area contributed by atoms with Gasteiger partial charge in [0.2, 0.25) is 11.8 Å². The SMILES string of the molecule is O=C1CCC(N2CCOc3c(C4CCC(N5CCC(c6ccc(-n7ccc8nnc(-c9ccccc9O)cc87)cc6)CC5)CC4)cccc32)C(=O)N1. The number of imide groups is 1. The number of rotatable bonds is 6. The molecule has 52 heavy (non-hydrogen) atoms. The van der Waals surface area contributed by atoms with Crippen LogP contribution >= 0.6 is 0 Å². The van der Waals surface area contributed by atoms with Crippen LogP contribution < -0.4 is 15.0 Å². The first-order valence-corrected chi connectivity index (χ1v) is 18.8. The normalized spacial score (nSPS) is 22.9. The summed E-state index contributed by atoms with van der Waals surface area (Å²) >= 11 is 0. The Labute approximate surface area is 303 Å². The smallest absolute Gasteiger partial charge is 0.249 e. The second-order valence-electron chi connectivity index (χ2n) is 14.8. The van der Waals surface area contributed by atoms with Crippen molar-refractivity contribution in [3.05, 3.63) is 96.2 Å².